The first-order valence-electron chi connectivity index (χ1n) is 6.94. The fraction of sp³-hybridized carbons (Fsp3) is 0.235. The van der Waals surface area contributed by atoms with Gasteiger partial charge in [-0.3, -0.25) is 4.79 Å². The third kappa shape index (κ3) is 4.12. The number of nitrogen functional groups attached to an aromatic ring is 1. The van der Waals surface area contributed by atoms with Crippen LogP contribution in [-0.4, -0.2) is 25.3 Å². The molecular weight excluding hydrogens is 334 g/mol. The Labute approximate surface area is 144 Å². The van der Waals surface area contributed by atoms with Crippen molar-refractivity contribution in [3.8, 4) is 11.5 Å². The van der Waals surface area contributed by atoms with Crippen molar-refractivity contribution in [2.75, 3.05) is 20.0 Å². The molecule has 2 rings (SSSR count). The van der Waals surface area contributed by atoms with Crippen molar-refractivity contribution in [1.29, 1.82) is 0 Å². The summed E-state index contributed by atoms with van der Waals surface area (Å²) in [6, 6.07) is 10.4. The Balaban J connectivity index is 2.19. The number of ether oxygens (including phenoxy) is 2. The van der Waals surface area contributed by atoms with Crippen LogP contribution in [0.5, 0.6) is 11.5 Å². The van der Waals surface area contributed by atoms with E-state index in [0.29, 0.717) is 27.8 Å². The van der Waals surface area contributed by atoms with Crippen molar-refractivity contribution in [3.63, 3.8) is 0 Å². The van der Waals surface area contributed by atoms with Crippen LogP contribution < -0.4 is 15.2 Å². The summed E-state index contributed by atoms with van der Waals surface area (Å²) in [6.45, 7) is 1.84. The van der Waals surface area contributed by atoms with E-state index in [2.05, 4.69) is 0 Å². The molecule has 0 saturated heterocycles. The number of methoxy groups -OCH3 is 2. The maximum atomic E-state index is 12.6. The molecule has 122 valence electrons. The normalized spacial score (nSPS) is 11.8. The highest BCUT2D eigenvalue weighted by Gasteiger charge is 2.19. The lowest BCUT2D eigenvalue weighted by Crippen LogP contribution is -2.13. The van der Waals surface area contributed by atoms with Crippen LogP contribution in [0.1, 0.15) is 17.3 Å². The highest BCUT2D eigenvalue weighted by molar-refractivity contribution is 8.00. The van der Waals surface area contributed by atoms with Crippen LogP contribution >= 0.6 is 23.4 Å². The summed E-state index contributed by atoms with van der Waals surface area (Å²) in [5, 5.41) is 0.246. The fourth-order valence-electron chi connectivity index (χ4n) is 2.08. The van der Waals surface area contributed by atoms with Crippen molar-refractivity contribution < 1.29 is 14.3 Å². The van der Waals surface area contributed by atoms with Crippen LogP contribution in [-0.2, 0) is 0 Å². The number of carbonyl (C=O) groups excluding carboxylic acids is 1. The predicted molar refractivity (Wildman–Crippen MR) is 95.1 cm³/mol. The minimum Gasteiger partial charge on any atom is -0.493 e. The molecule has 0 heterocycles. The molecule has 0 radical (unpaired) electrons. The summed E-state index contributed by atoms with van der Waals surface area (Å²) in [7, 11) is 3.10. The molecule has 0 aliphatic rings. The second-order valence-corrected chi connectivity index (χ2v) is 6.67. The second kappa shape index (κ2) is 7.62. The molecule has 0 aliphatic heterocycles. The molecule has 4 nitrogen and oxygen atoms in total. The number of Topliss-reactive ketones (excluding diaryl/α,β-unsaturated/α-hetero) is 1. The van der Waals surface area contributed by atoms with Gasteiger partial charge in [0.15, 0.2) is 17.3 Å². The third-order valence-electron chi connectivity index (χ3n) is 3.30. The second-order valence-electron chi connectivity index (χ2n) is 4.88. The Morgan fingerprint density at radius 1 is 1.13 bits per heavy atom. The maximum absolute atomic E-state index is 12.6. The van der Waals surface area contributed by atoms with Crippen molar-refractivity contribution in [2.45, 2.75) is 17.1 Å². The third-order valence-corrected chi connectivity index (χ3v) is 4.90. The van der Waals surface area contributed by atoms with E-state index in [9.17, 15) is 4.79 Å². The van der Waals surface area contributed by atoms with Gasteiger partial charge < -0.3 is 15.2 Å². The Morgan fingerprint density at radius 2 is 1.83 bits per heavy atom. The molecule has 2 aromatic rings. The van der Waals surface area contributed by atoms with E-state index >= 15 is 0 Å². The number of thioether (sulfide) groups is 1. The molecule has 2 N–H and O–H groups in total. The van der Waals surface area contributed by atoms with Crippen LogP contribution in [0.4, 0.5) is 5.69 Å². The van der Waals surface area contributed by atoms with Crippen molar-refractivity contribution in [2.24, 2.45) is 0 Å². The van der Waals surface area contributed by atoms with Gasteiger partial charge in [-0.1, -0.05) is 11.6 Å². The lowest BCUT2D eigenvalue weighted by atomic mass is 10.1. The molecule has 0 bridgehead atoms. The van der Waals surface area contributed by atoms with E-state index in [1.807, 2.05) is 13.0 Å². The summed E-state index contributed by atoms with van der Waals surface area (Å²) < 4.78 is 10.4. The number of hydrogen-bond acceptors (Lipinski definition) is 5. The lowest BCUT2D eigenvalue weighted by molar-refractivity contribution is 0.0993. The van der Waals surface area contributed by atoms with Gasteiger partial charge in [0.05, 0.1) is 24.5 Å². The van der Waals surface area contributed by atoms with Crippen LogP contribution in [0.25, 0.3) is 0 Å². The molecule has 23 heavy (non-hydrogen) atoms. The monoisotopic (exact) mass is 351 g/mol. The zero-order valence-corrected chi connectivity index (χ0v) is 14.7. The lowest BCUT2D eigenvalue weighted by Gasteiger charge is -2.13. The van der Waals surface area contributed by atoms with Gasteiger partial charge in [0.25, 0.3) is 0 Å². The zero-order chi connectivity index (χ0) is 17.0. The summed E-state index contributed by atoms with van der Waals surface area (Å²) in [5.74, 6) is 1.11. The molecule has 2 aromatic carbocycles. The fourth-order valence-corrected chi connectivity index (χ4v) is 3.35. The highest BCUT2D eigenvalue weighted by atomic mass is 35.5. The Kier molecular flexibility index (Phi) is 5.80. The number of rotatable bonds is 6. The molecule has 0 unspecified atom stereocenters. The van der Waals surface area contributed by atoms with Gasteiger partial charge in [0, 0.05) is 16.1 Å². The molecule has 6 heteroatoms. The minimum atomic E-state index is -0.297. The molecule has 0 spiro atoms. The standard InChI is InChI=1S/C17H18ClNO3S/c1-10(23-16-7-5-12(19)9-13(16)18)17(20)11-4-6-14(21-2)15(8-11)22-3/h4-10H,19H2,1-3H3/t10-/m1/s1. The van der Waals surface area contributed by atoms with Gasteiger partial charge in [0.1, 0.15) is 0 Å². The van der Waals surface area contributed by atoms with E-state index in [4.69, 9.17) is 26.8 Å². The Bertz CT molecular complexity index is 721. The van der Waals surface area contributed by atoms with E-state index in [-0.39, 0.29) is 11.0 Å². The SMILES string of the molecule is COc1ccc(C(=O)[C@@H](C)Sc2ccc(N)cc2Cl)cc1OC. The minimum absolute atomic E-state index is 0.0103. The quantitative estimate of drug-likeness (QED) is 0.477. The van der Waals surface area contributed by atoms with E-state index in [0.717, 1.165) is 4.90 Å². The molecule has 1 atom stereocenters. The van der Waals surface area contributed by atoms with Crippen LogP contribution in [0.2, 0.25) is 5.02 Å². The number of benzene rings is 2. The van der Waals surface area contributed by atoms with Gasteiger partial charge in [-0.15, -0.1) is 11.8 Å². The average molecular weight is 352 g/mol. The summed E-state index contributed by atoms with van der Waals surface area (Å²) in [6.07, 6.45) is 0. The Morgan fingerprint density at radius 3 is 2.43 bits per heavy atom. The number of hydrogen-bond donors (Lipinski definition) is 1. The smallest absolute Gasteiger partial charge is 0.176 e. The Hall–Kier alpha value is -1.85. The van der Waals surface area contributed by atoms with Crippen molar-refractivity contribution in [1.82, 2.24) is 0 Å². The average Bonchev–Trinajstić information content (AvgIpc) is 2.55. The van der Waals surface area contributed by atoms with Crippen molar-refractivity contribution in [3.05, 3.63) is 47.0 Å². The number of carbonyl (C=O) groups is 1. The molecule has 0 aliphatic carbocycles. The van der Waals surface area contributed by atoms with Gasteiger partial charge >= 0.3 is 0 Å². The zero-order valence-electron chi connectivity index (χ0n) is 13.1. The molecule has 0 amide bonds. The highest BCUT2D eigenvalue weighted by Crippen LogP contribution is 2.34. The molecule has 0 saturated carbocycles. The van der Waals surface area contributed by atoms with Crippen molar-refractivity contribution >= 4 is 34.8 Å². The predicted octanol–water partition coefficient (Wildman–Crippen LogP) is 4.30. The van der Waals surface area contributed by atoms with Gasteiger partial charge in [-0.05, 0) is 43.3 Å². The number of halogens is 1. The number of ketones is 1. The van der Waals surface area contributed by atoms with Gasteiger partial charge in [-0.25, -0.2) is 0 Å². The largest absolute Gasteiger partial charge is 0.493 e. The first-order chi connectivity index (χ1) is 11.0. The molecule has 0 fully saturated rings. The first-order valence-corrected chi connectivity index (χ1v) is 8.20. The summed E-state index contributed by atoms with van der Waals surface area (Å²) in [5.41, 5.74) is 6.84. The van der Waals surface area contributed by atoms with E-state index in [1.165, 1.54) is 11.8 Å². The number of anilines is 1. The van der Waals surface area contributed by atoms with E-state index < -0.39 is 0 Å². The van der Waals surface area contributed by atoms with Crippen LogP contribution in [0, 0.1) is 0 Å². The van der Waals surface area contributed by atoms with Crippen LogP contribution in [0.15, 0.2) is 41.3 Å². The summed E-state index contributed by atoms with van der Waals surface area (Å²) in [4.78, 5) is 13.4. The van der Waals surface area contributed by atoms with Gasteiger partial charge in [-0.2, -0.15) is 0 Å². The topological polar surface area (TPSA) is 61.5 Å². The van der Waals surface area contributed by atoms with Crippen LogP contribution in [0.3, 0.4) is 0 Å². The maximum Gasteiger partial charge on any atom is 0.176 e. The van der Waals surface area contributed by atoms with Gasteiger partial charge in [0.2, 0.25) is 0 Å². The van der Waals surface area contributed by atoms with E-state index in [1.54, 1.807) is 44.6 Å². The summed E-state index contributed by atoms with van der Waals surface area (Å²) >= 11 is 7.56. The number of nitrogens with two attached hydrogens (primary N) is 1. The molecule has 0 aromatic heterocycles. The molecular formula is C17H18ClNO3S. The first kappa shape index (κ1) is 17.5.